The topological polar surface area (TPSA) is 37.6 Å². The number of hydrogen-bond acceptors (Lipinski definition) is 4. The molecule has 2 rings (SSSR count). The van der Waals surface area contributed by atoms with Crippen molar-refractivity contribution < 1.29 is 9.15 Å². The maximum Gasteiger partial charge on any atom is 0.123 e. The average molecular weight is 252 g/mol. The van der Waals surface area contributed by atoms with Crippen LogP contribution in [0.1, 0.15) is 32.1 Å². The molecule has 0 bridgehead atoms. The second kappa shape index (κ2) is 6.92. The number of morpholine rings is 1. The van der Waals surface area contributed by atoms with Crippen LogP contribution in [0.15, 0.2) is 22.8 Å². The molecule has 4 heteroatoms. The molecular formula is C14H24N2O2. The lowest BCUT2D eigenvalue weighted by Crippen LogP contribution is -2.48. The fourth-order valence-corrected chi connectivity index (χ4v) is 2.56. The van der Waals surface area contributed by atoms with Crippen LogP contribution < -0.4 is 5.32 Å². The predicted molar refractivity (Wildman–Crippen MR) is 71.6 cm³/mol. The molecule has 1 aromatic heterocycles. The quantitative estimate of drug-likeness (QED) is 0.841. The number of rotatable bonds is 6. The van der Waals surface area contributed by atoms with Crippen molar-refractivity contribution >= 4 is 0 Å². The first-order valence-electron chi connectivity index (χ1n) is 6.95. The van der Waals surface area contributed by atoms with Crippen LogP contribution in [0.3, 0.4) is 0 Å². The molecule has 1 aromatic rings. The minimum Gasteiger partial charge on any atom is -0.468 e. The molecule has 102 valence electrons. The lowest BCUT2D eigenvalue weighted by molar-refractivity contribution is -0.0500. The summed E-state index contributed by atoms with van der Waals surface area (Å²) in [5, 5.41) is 3.47. The highest BCUT2D eigenvalue weighted by molar-refractivity contribution is 5.07. The highest BCUT2D eigenvalue weighted by atomic mass is 16.5. The molecule has 1 aliphatic heterocycles. The van der Waals surface area contributed by atoms with Crippen LogP contribution in [0.4, 0.5) is 0 Å². The molecular weight excluding hydrogens is 228 g/mol. The minimum absolute atomic E-state index is 0.157. The third kappa shape index (κ3) is 3.34. The summed E-state index contributed by atoms with van der Waals surface area (Å²) >= 11 is 0. The monoisotopic (exact) mass is 252 g/mol. The normalized spacial score (nSPS) is 23.1. The zero-order chi connectivity index (χ0) is 12.8. The summed E-state index contributed by atoms with van der Waals surface area (Å²) in [7, 11) is 0. The number of ether oxygens (including phenoxy) is 1. The molecule has 0 spiro atoms. The third-order valence-corrected chi connectivity index (χ3v) is 3.36. The van der Waals surface area contributed by atoms with Crippen LogP contribution in [-0.4, -0.2) is 43.8 Å². The molecule has 2 unspecified atom stereocenters. The highest BCUT2D eigenvalue weighted by Crippen LogP contribution is 2.23. The van der Waals surface area contributed by atoms with Crippen LogP contribution in [0.25, 0.3) is 0 Å². The van der Waals surface area contributed by atoms with Crippen molar-refractivity contribution in [3.63, 3.8) is 0 Å². The van der Waals surface area contributed by atoms with Crippen LogP contribution in [-0.2, 0) is 4.74 Å². The largest absolute Gasteiger partial charge is 0.468 e. The minimum atomic E-state index is 0.157. The van der Waals surface area contributed by atoms with Gasteiger partial charge in [0.05, 0.1) is 25.0 Å². The molecule has 0 radical (unpaired) electrons. The van der Waals surface area contributed by atoms with E-state index >= 15 is 0 Å². The van der Waals surface area contributed by atoms with Crippen molar-refractivity contribution in [1.82, 2.24) is 10.2 Å². The Hall–Kier alpha value is -0.840. The van der Waals surface area contributed by atoms with Crippen LogP contribution in [0, 0.1) is 0 Å². The van der Waals surface area contributed by atoms with Gasteiger partial charge in [0.2, 0.25) is 0 Å². The van der Waals surface area contributed by atoms with E-state index in [4.69, 9.17) is 9.15 Å². The Labute approximate surface area is 109 Å². The number of likely N-dealkylation sites (N-methyl/N-ethyl adjacent to an activating group) is 1. The zero-order valence-corrected chi connectivity index (χ0v) is 11.4. The van der Waals surface area contributed by atoms with E-state index in [9.17, 15) is 0 Å². The van der Waals surface area contributed by atoms with E-state index in [0.29, 0.717) is 0 Å². The van der Waals surface area contributed by atoms with E-state index in [1.54, 1.807) is 6.26 Å². The molecule has 0 amide bonds. The zero-order valence-electron chi connectivity index (χ0n) is 11.4. The molecule has 18 heavy (non-hydrogen) atoms. The van der Waals surface area contributed by atoms with E-state index in [-0.39, 0.29) is 12.1 Å². The molecule has 1 N–H and O–H groups in total. The van der Waals surface area contributed by atoms with Gasteiger partial charge in [-0.05, 0) is 31.6 Å². The fourth-order valence-electron chi connectivity index (χ4n) is 2.56. The average Bonchev–Trinajstić information content (AvgIpc) is 2.90. The Morgan fingerprint density at radius 2 is 2.39 bits per heavy atom. The van der Waals surface area contributed by atoms with E-state index in [0.717, 1.165) is 38.5 Å². The molecule has 2 heterocycles. The molecule has 0 saturated carbocycles. The van der Waals surface area contributed by atoms with Crippen molar-refractivity contribution in [3.8, 4) is 0 Å². The Bertz CT molecular complexity index is 325. The van der Waals surface area contributed by atoms with Gasteiger partial charge in [0.25, 0.3) is 0 Å². The van der Waals surface area contributed by atoms with Gasteiger partial charge >= 0.3 is 0 Å². The summed E-state index contributed by atoms with van der Waals surface area (Å²) in [4.78, 5) is 2.47. The van der Waals surface area contributed by atoms with Crippen LogP contribution >= 0.6 is 0 Å². The van der Waals surface area contributed by atoms with Gasteiger partial charge in [-0.15, -0.1) is 0 Å². The molecule has 0 aliphatic carbocycles. The first kappa shape index (κ1) is 13.6. The maximum absolute atomic E-state index is 5.93. The Kier molecular flexibility index (Phi) is 5.23. The first-order valence-corrected chi connectivity index (χ1v) is 6.95. The Balaban J connectivity index is 2.01. The smallest absolute Gasteiger partial charge is 0.123 e. The van der Waals surface area contributed by atoms with E-state index in [1.165, 1.54) is 6.42 Å². The van der Waals surface area contributed by atoms with Gasteiger partial charge in [-0.1, -0.05) is 13.8 Å². The van der Waals surface area contributed by atoms with Gasteiger partial charge in [-0.25, -0.2) is 0 Å². The van der Waals surface area contributed by atoms with Crippen molar-refractivity contribution in [2.45, 2.75) is 32.4 Å². The second-order valence-corrected chi connectivity index (χ2v) is 4.76. The van der Waals surface area contributed by atoms with E-state index in [1.807, 2.05) is 12.1 Å². The van der Waals surface area contributed by atoms with Gasteiger partial charge in [-0.2, -0.15) is 0 Å². The first-order chi connectivity index (χ1) is 8.85. The van der Waals surface area contributed by atoms with Crippen molar-refractivity contribution in [2.75, 3.05) is 32.8 Å². The predicted octanol–water partition coefficient (Wildman–Crippen LogP) is 2.04. The molecule has 2 atom stereocenters. The van der Waals surface area contributed by atoms with Gasteiger partial charge in [0.15, 0.2) is 0 Å². The Morgan fingerprint density at radius 1 is 1.50 bits per heavy atom. The summed E-state index contributed by atoms with van der Waals surface area (Å²) in [6.07, 6.45) is 3.10. The lowest BCUT2D eigenvalue weighted by Gasteiger charge is -2.36. The summed E-state index contributed by atoms with van der Waals surface area (Å²) in [6, 6.07) is 4.12. The fraction of sp³-hybridized carbons (Fsp3) is 0.714. The summed E-state index contributed by atoms with van der Waals surface area (Å²) in [5.74, 6) is 0.972. The van der Waals surface area contributed by atoms with Crippen molar-refractivity contribution in [3.05, 3.63) is 24.2 Å². The summed E-state index contributed by atoms with van der Waals surface area (Å²) in [6.45, 7) is 9.23. The maximum atomic E-state index is 5.93. The number of nitrogens with zero attached hydrogens (tertiary/aromatic N) is 1. The van der Waals surface area contributed by atoms with Crippen molar-refractivity contribution in [2.24, 2.45) is 0 Å². The lowest BCUT2D eigenvalue weighted by atomic mass is 10.1. The molecule has 1 aliphatic rings. The summed E-state index contributed by atoms with van der Waals surface area (Å²) < 4.78 is 11.5. The van der Waals surface area contributed by atoms with Gasteiger partial charge in [-0.3, -0.25) is 4.90 Å². The number of hydrogen-bond donors (Lipinski definition) is 1. The standard InChI is InChI=1S/C14H24N2O2/c1-3-7-16-8-10-18-13(11-16)14(15-4-2)12-6-5-9-17-12/h5-6,9,13-15H,3-4,7-8,10-11H2,1-2H3. The number of furan rings is 1. The van der Waals surface area contributed by atoms with E-state index in [2.05, 4.69) is 24.1 Å². The van der Waals surface area contributed by atoms with Crippen LogP contribution in [0.5, 0.6) is 0 Å². The third-order valence-electron chi connectivity index (χ3n) is 3.36. The van der Waals surface area contributed by atoms with Crippen LogP contribution in [0.2, 0.25) is 0 Å². The SMILES string of the molecule is CCCN1CCOC(C(NCC)c2ccco2)C1. The highest BCUT2D eigenvalue weighted by Gasteiger charge is 2.30. The molecule has 0 aromatic carbocycles. The summed E-state index contributed by atoms with van der Waals surface area (Å²) in [5.41, 5.74) is 0. The molecule has 1 saturated heterocycles. The second-order valence-electron chi connectivity index (χ2n) is 4.76. The molecule has 1 fully saturated rings. The Morgan fingerprint density at radius 3 is 3.06 bits per heavy atom. The van der Waals surface area contributed by atoms with Gasteiger partial charge < -0.3 is 14.5 Å². The number of nitrogens with one attached hydrogen (secondary N) is 1. The molecule has 4 nitrogen and oxygen atoms in total. The van der Waals surface area contributed by atoms with Gasteiger partial charge in [0, 0.05) is 13.1 Å². The van der Waals surface area contributed by atoms with Crippen molar-refractivity contribution in [1.29, 1.82) is 0 Å². The van der Waals surface area contributed by atoms with E-state index < -0.39 is 0 Å². The van der Waals surface area contributed by atoms with Gasteiger partial charge in [0.1, 0.15) is 5.76 Å².